The molecule has 0 aliphatic heterocycles. The molecule has 0 bridgehead atoms. The molecule has 0 radical (unpaired) electrons. The maximum atomic E-state index is 12.1. The summed E-state index contributed by atoms with van der Waals surface area (Å²) in [6.07, 6.45) is 0. The number of rotatable bonds is 6. The van der Waals surface area contributed by atoms with E-state index in [1.165, 1.54) is 0 Å². The summed E-state index contributed by atoms with van der Waals surface area (Å²) in [7, 11) is 1.60. The van der Waals surface area contributed by atoms with Gasteiger partial charge in [0.25, 0.3) is 5.91 Å². The lowest BCUT2D eigenvalue weighted by atomic mass is 10.0. The van der Waals surface area contributed by atoms with Gasteiger partial charge in [0.1, 0.15) is 5.75 Å². The van der Waals surface area contributed by atoms with E-state index >= 15 is 0 Å². The SMILES string of the molecule is COc1ccc(C)cc1[C@H](C)NC(=O)CNC(=O)c1ccccc1. The number of carbonyl (C=O) groups excluding carboxylic acids is 2. The van der Waals surface area contributed by atoms with Crippen molar-refractivity contribution in [2.75, 3.05) is 13.7 Å². The number of ether oxygens (including phenoxy) is 1. The molecular formula is C19H22N2O3. The lowest BCUT2D eigenvalue weighted by Crippen LogP contribution is -2.38. The van der Waals surface area contributed by atoms with Crippen LogP contribution in [-0.2, 0) is 4.79 Å². The lowest BCUT2D eigenvalue weighted by molar-refractivity contribution is -0.120. The number of nitrogens with one attached hydrogen (secondary N) is 2. The van der Waals surface area contributed by atoms with Gasteiger partial charge in [-0.3, -0.25) is 9.59 Å². The maximum absolute atomic E-state index is 12.1. The molecule has 2 aromatic carbocycles. The highest BCUT2D eigenvalue weighted by atomic mass is 16.5. The fraction of sp³-hybridized carbons (Fsp3) is 0.263. The Bertz CT molecular complexity index is 714. The highest BCUT2D eigenvalue weighted by Crippen LogP contribution is 2.25. The monoisotopic (exact) mass is 326 g/mol. The number of carbonyl (C=O) groups is 2. The molecule has 2 amide bonds. The average molecular weight is 326 g/mol. The Balaban J connectivity index is 1.92. The summed E-state index contributed by atoms with van der Waals surface area (Å²) in [6, 6.07) is 14.4. The molecule has 2 aromatic rings. The van der Waals surface area contributed by atoms with Crippen LogP contribution in [0.2, 0.25) is 0 Å². The van der Waals surface area contributed by atoms with Gasteiger partial charge in [0.15, 0.2) is 0 Å². The summed E-state index contributed by atoms with van der Waals surface area (Å²) in [6.45, 7) is 3.79. The summed E-state index contributed by atoms with van der Waals surface area (Å²) in [5.41, 5.74) is 2.52. The van der Waals surface area contributed by atoms with E-state index in [0.717, 1.165) is 16.9 Å². The second kappa shape index (κ2) is 8.15. The zero-order valence-corrected chi connectivity index (χ0v) is 14.1. The van der Waals surface area contributed by atoms with E-state index in [1.807, 2.05) is 38.1 Å². The fourth-order valence-electron chi connectivity index (χ4n) is 2.41. The first-order chi connectivity index (χ1) is 11.5. The van der Waals surface area contributed by atoms with Gasteiger partial charge in [-0.1, -0.05) is 35.9 Å². The van der Waals surface area contributed by atoms with Gasteiger partial charge in [-0.25, -0.2) is 0 Å². The van der Waals surface area contributed by atoms with Crippen molar-refractivity contribution in [2.24, 2.45) is 0 Å². The first kappa shape index (κ1) is 17.5. The van der Waals surface area contributed by atoms with Gasteiger partial charge in [0.05, 0.1) is 19.7 Å². The number of hydrogen-bond acceptors (Lipinski definition) is 3. The molecule has 0 unspecified atom stereocenters. The minimum absolute atomic E-state index is 0.0772. The molecule has 0 aliphatic rings. The third-order valence-electron chi connectivity index (χ3n) is 3.67. The van der Waals surface area contributed by atoms with Crippen molar-refractivity contribution in [3.63, 3.8) is 0 Å². The topological polar surface area (TPSA) is 67.4 Å². The van der Waals surface area contributed by atoms with Crippen molar-refractivity contribution >= 4 is 11.8 Å². The second-order valence-corrected chi connectivity index (χ2v) is 5.58. The first-order valence-corrected chi connectivity index (χ1v) is 7.78. The van der Waals surface area contributed by atoms with Crippen LogP contribution in [-0.4, -0.2) is 25.5 Å². The van der Waals surface area contributed by atoms with Gasteiger partial charge in [0.2, 0.25) is 5.91 Å². The predicted octanol–water partition coefficient (Wildman–Crippen LogP) is 2.61. The van der Waals surface area contributed by atoms with E-state index in [1.54, 1.807) is 31.4 Å². The van der Waals surface area contributed by atoms with E-state index in [9.17, 15) is 9.59 Å². The van der Waals surface area contributed by atoms with Gasteiger partial charge in [0, 0.05) is 11.1 Å². The molecule has 0 aromatic heterocycles. The molecule has 2 rings (SSSR count). The van der Waals surface area contributed by atoms with Crippen LogP contribution in [0.4, 0.5) is 0 Å². The van der Waals surface area contributed by atoms with Crippen LogP contribution in [0.1, 0.15) is 34.5 Å². The number of methoxy groups -OCH3 is 1. The van der Waals surface area contributed by atoms with Crippen molar-refractivity contribution in [2.45, 2.75) is 19.9 Å². The minimum Gasteiger partial charge on any atom is -0.496 e. The highest BCUT2D eigenvalue weighted by Gasteiger charge is 2.15. The van der Waals surface area contributed by atoms with Gasteiger partial charge in [-0.15, -0.1) is 0 Å². The predicted molar refractivity (Wildman–Crippen MR) is 93.1 cm³/mol. The Kier molecular flexibility index (Phi) is 5.95. The normalized spacial score (nSPS) is 11.5. The Morgan fingerprint density at radius 2 is 1.83 bits per heavy atom. The highest BCUT2D eigenvalue weighted by molar-refractivity contribution is 5.96. The molecule has 1 atom stereocenters. The number of aryl methyl sites for hydroxylation is 1. The van der Waals surface area contributed by atoms with E-state index < -0.39 is 0 Å². The standard InChI is InChI=1S/C19H22N2O3/c1-13-9-10-17(24-3)16(11-13)14(2)21-18(22)12-20-19(23)15-7-5-4-6-8-15/h4-11,14H,12H2,1-3H3,(H,20,23)(H,21,22)/t14-/m0/s1. The molecule has 0 spiro atoms. The first-order valence-electron chi connectivity index (χ1n) is 7.78. The lowest BCUT2D eigenvalue weighted by Gasteiger charge is -2.18. The van der Waals surface area contributed by atoms with Gasteiger partial charge >= 0.3 is 0 Å². The van der Waals surface area contributed by atoms with E-state index in [2.05, 4.69) is 10.6 Å². The van der Waals surface area contributed by atoms with Crippen LogP contribution in [0.3, 0.4) is 0 Å². The van der Waals surface area contributed by atoms with Crippen molar-refractivity contribution in [1.29, 1.82) is 0 Å². The Hall–Kier alpha value is -2.82. The van der Waals surface area contributed by atoms with Crippen molar-refractivity contribution in [3.8, 4) is 5.75 Å². The molecule has 0 saturated carbocycles. The van der Waals surface area contributed by atoms with Crippen LogP contribution >= 0.6 is 0 Å². The van der Waals surface area contributed by atoms with Gasteiger partial charge in [-0.05, 0) is 32.0 Å². The molecule has 126 valence electrons. The summed E-state index contributed by atoms with van der Waals surface area (Å²) in [4.78, 5) is 24.0. The minimum atomic E-state index is -0.272. The van der Waals surface area contributed by atoms with Gasteiger partial charge < -0.3 is 15.4 Å². The van der Waals surface area contributed by atoms with E-state index in [0.29, 0.717) is 5.56 Å². The summed E-state index contributed by atoms with van der Waals surface area (Å²) in [5, 5.41) is 5.48. The average Bonchev–Trinajstić information content (AvgIpc) is 2.60. The largest absolute Gasteiger partial charge is 0.496 e. The summed E-state index contributed by atoms with van der Waals surface area (Å²) in [5.74, 6) is 0.198. The van der Waals surface area contributed by atoms with Gasteiger partial charge in [-0.2, -0.15) is 0 Å². The Morgan fingerprint density at radius 3 is 2.50 bits per heavy atom. The maximum Gasteiger partial charge on any atom is 0.251 e. The molecule has 5 heteroatoms. The summed E-state index contributed by atoms with van der Waals surface area (Å²) >= 11 is 0. The number of hydrogen-bond donors (Lipinski definition) is 2. The van der Waals surface area contributed by atoms with Crippen molar-refractivity contribution < 1.29 is 14.3 Å². The Morgan fingerprint density at radius 1 is 1.12 bits per heavy atom. The fourth-order valence-corrected chi connectivity index (χ4v) is 2.41. The second-order valence-electron chi connectivity index (χ2n) is 5.58. The zero-order chi connectivity index (χ0) is 17.5. The molecule has 5 nitrogen and oxygen atoms in total. The molecule has 0 saturated heterocycles. The summed E-state index contributed by atoms with van der Waals surface area (Å²) < 4.78 is 5.34. The van der Waals surface area contributed by atoms with Crippen molar-refractivity contribution in [1.82, 2.24) is 10.6 Å². The molecule has 0 heterocycles. The smallest absolute Gasteiger partial charge is 0.251 e. The van der Waals surface area contributed by atoms with Crippen LogP contribution in [0.5, 0.6) is 5.75 Å². The molecule has 24 heavy (non-hydrogen) atoms. The molecular weight excluding hydrogens is 304 g/mol. The van der Waals surface area contributed by atoms with Crippen molar-refractivity contribution in [3.05, 3.63) is 65.2 Å². The molecule has 0 aliphatic carbocycles. The third kappa shape index (κ3) is 4.59. The third-order valence-corrected chi connectivity index (χ3v) is 3.67. The number of amides is 2. The number of benzene rings is 2. The van der Waals surface area contributed by atoms with E-state index in [4.69, 9.17) is 4.74 Å². The molecule has 0 fully saturated rings. The van der Waals surface area contributed by atoms with Crippen LogP contribution in [0, 0.1) is 6.92 Å². The quantitative estimate of drug-likeness (QED) is 0.857. The Labute approximate surface area is 142 Å². The van der Waals surface area contributed by atoms with Crippen LogP contribution in [0.15, 0.2) is 48.5 Å². The zero-order valence-electron chi connectivity index (χ0n) is 14.1. The van der Waals surface area contributed by atoms with Crippen LogP contribution < -0.4 is 15.4 Å². The molecule has 2 N–H and O–H groups in total. The van der Waals surface area contributed by atoms with E-state index in [-0.39, 0.29) is 24.4 Å². The van der Waals surface area contributed by atoms with Crippen LogP contribution in [0.25, 0.3) is 0 Å².